The number of carbonyl (C=O) groups is 2. The van der Waals surface area contributed by atoms with Crippen LogP contribution in [0.1, 0.15) is 58.6 Å². The Morgan fingerprint density at radius 3 is 2.83 bits per heavy atom. The van der Waals surface area contributed by atoms with E-state index in [1.54, 1.807) is 15.8 Å². The highest BCUT2D eigenvalue weighted by molar-refractivity contribution is 6.40. The molecule has 2 saturated heterocycles. The zero-order valence-electron chi connectivity index (χ0n) is 17.6. The Hall–Kier alpha value is -2.68. The first kappa shape index (κ1) is 20.6. The second kappa shape index (κ2) is 8.59. The average Bonchev–Trinajstić information content (AvgIpc) is 3.22. The Balaban J connectivity index is 1.60. The third-order valence-electron chi connectivity index (χ3n) is 6.35. The lowest BCUT2D eigenvalue weighted by molar-refractivity contribution is -0.146. The summed E-state index contributed by atoms with van der Waals surface area (Å²) in [4.78, 5) is 31.7. The number of fused-ring (bicyclic) bond motifs is 1. The zero-order chi connectivity index (χ0) is 21.3. The number of nitrogens with one attached hydrogen (secondary N) is 1. The van der Waals surface area contributed by atoms with Crippen molar-refractivity contribution in [2.75, 3.05) is 24.2 Å². The maximum atomic E-state index is 12.9. The molecule has 4 heterocycles. The normalized spacial score (nSPS) is 24.7. The van der Waals surface area contributed by atoms with Gasteiger partial charge in [0.15, 0.2) is 6.23 Å². The standard InChI is InChI=1S/C21H30N6O3/c1-3-14-8-7-13(2)26(12-14)21(29)20(28)25-16-11-23-19(22)15-10-24-27(18(15)16)17-6-4-5-9-30-17/h10-11,13-14,17H,3-9,12H2,1-2H3,(H2,22,23)(H,25,28)/t13-,14-,17?/m1/s1. The van der Waals surface area contributed by atoms with E-state index in [-0.39, 0.29) is 12.3 Å². The quantitative estimate of drug-likeness (QED) is 0.746. The molecule has 0 radical (unpaired) electrons. The van der Waals surface area contributed by atoms with Crippen molar-refractivity contribution in [2.45, 2.75) is 64.6 Å². The predicted octanol–water partition coefficient (Wildman–Crippen LogP) is 2.69. The minimum Gasteiger partial charge on any atom is -0.383 e. The molecule has 1 unspecified atom stereocenters. The highest BCUT2D eigenvalue weighted by Crippen LogP contribution is 2.32. The number of ether oxygens (including phenoxy) is 1. The lowest BCUT2D eigenvalue weighted by Gasteiger charge is -2.37. The average molecular weight is 415 g/mol. The van der Waals surface area contributed by atoms with Crippen LogP contribution in [0.15, 0.2) is 12.4 Å². The Labute approximate surface area is 175 Å². The lowest BCUT2D eigenvalue weighted by atomic mass is 9.91. The van der Waals surface area contributed by atoms with Crippen molar-refractivity contribution in [3.63, 3.8) is 0 Å². The number of piperidine rings is 1. The Kier molecular flexibility index (Phi) is 5.90. The number of hydrogen-bond donors (Lipinski definition) is 2. The van der Waals surface area contributed by atoms with E-state index in [1.807, 2.05) is 6.92 Å². The van der Waals surface area contributed by atoms with Gasteiger partial charge >= 0.3 is 11.8 Å². The molecule has 2 aromatic heterocycles. The number of aromatic nitrogens is 3. The van der Waals surface area contributed by atoms with E-state index in [0.717, 1.165) is 38.5 Å². The number of nitrogens with zero attached hydrogens (tertiary/aromatic N) is 4. The van der Waals surface area contributed by atoms with E-state index in [1.165, 1.54) is 6.20 Å². The van der Waals surface area contributed by atoms with Gasteiger partial charge in [-0.05, 0) is 44.9 Å². The molecule has 0 aromatic carbocycles. The first-order valence-electron chi connectivity index (χ1n) is 10.8. The summed E-state index contributed by atoms with van der Waals surface area (Å²) in [7, 11) is 0. The fourth-order valence-electron chi connectivity index (χ4n) is 4.41. The van der Waals surface area contributed by atoms with E-state index in [0.29, 0.717) is 41.5 Å². The topological polar surface area (TPSA) is 115 Å². The van der Waals surface area contributed by atoms with Gasteiger partial charge in [-0.2, -0.15) is 5.10 Å². The van der Waals surface area contributed by atoms with Gasteiger partial charge in [0, 0.05) is 19.2 Å². The van der Waals surface area contributed by atoms with E-state index in [2.05, 4.69) is 22.3 Å². The van der Waals surface area contributed by atoms with Crippen molar-refractivity contribution in [3.8, 4) is 0 Å². The van der Waals surface area contributed by atoms with E-state index in [9.17, 15) is 9.59 Å². The minimum absolute atomic E-state index is 0.0526. The first-order chi connectivity index (χ1) is 14.5. The van der Waals surface area contributed by atoms with Crippen molar-refractivity contribution in [2.24, 2.45) is 5.92 Å². The number of anilines is 2. The summed E-state index contributed by atoms with van der Waals surface area (Å²) in [5.41, 5.74) is 7.08. The van der Waals surface area contributed by atoms with Crippen LogP contribution in [0.25, 0.3) is 10.9 Å². The van der Waals surface area contributed by atoms with Crippen LogP contribution in [0.5, 0.6) is 0 Å². The van der Waals surface area contributed by atoms with Crippen LogP contribution in [0.2, 0.25) is 0 Å². The highest BCUT2D eigenvalue weighted by Gasteiger charge is 2.32. The Bertz CT molecular complexity index is 936. The van der Waals surface area contributed by atoms with Gasteiger partial charge in [-0.15, -0.1) is 0 Å². The molecule has 2 amide bonds. The molecule has 3 atom stereocenters. The SMILES string of the molecule is CC[C@@H]1CC[C@@H](C)N(C(=O)C(=O)Nc2cnc(N)c3cnn(C4CCCCO4)c23)C1. The van der Waals surface area contributed by atoms with Crippen molar-refractivity contribution >= 4 is 34.2 Å². The van der Waals surface area contributed by atoms with Crippen molar-refractivity contribution in [3.05, 3.63) is 12.4 Å². The van der Waals surface area contributed by atoms with Gasteiger partial charge in [0.05, 0.1) is 23.5 Å². The Morgan fingerprint density at radius 2 is 2.10 bits per heavy atom. The maximum Gasteiger partial charge on any atom is 0.314 e. The van der Waals surface area contributed by atoms with Crippen LogP contribution in [0.3, 0.4) is 0 Å². The minimum atomic E-state index is -0.663. The van der Waals surface area contributed by atoms with Crippen LogP contribution in [-0.4, -0.2) is 50.7 Å². The van der Waals surface area contributed by atoms with Gasteiger partial charge in [0.25, 0.3) is 0 Å². The summed E-state index contributed by atoms with van der Waals surface area (Å²) in [6, 6.07) is 0.0526. The van der Waals surface area contributed by atoms with Crippen LogP contribution >= 0.6 is 0 Å². The monoisotopic (exact) mass is 414 g/mol. The van der Waals surface area contributed by atoms with Crippen LogP contribution in [-0.2, 0) is 14.3 Å². The molecule has 0 bridgehead atoms. The summed E-state index contributed by atoms with van der Waals surface area (Å²) in [5.74, 6) is -0.408. The maximum absolute atomic E-state index is 12.9. The van der Waals surface area contributed by atoms with Crippen LogP contribution in [0.4, 0.5) is 11.5 Å². The van der Waals surface area contributed by atoms with Gasteiger partial charge in [0.1, 0.15) is 11.3 Å². The number of rotatable bonds is 3. The summed E-state index contributed by atoms with van der Waals surface area (Å²) >= 11 is 0. The molecule has 162 valence electrons. The second-order valence-corrected chi connectivity index (χ2v) is 8.34. The molecular weight excluding hydrogens is 384 g/mol. The van der Waals surface area contributed by atoms with Gasteiger partial charge in [-0.25, -0.2) is 9.67 Å². The molecule has 4 rings (SSSR count). The second-order valence-electron chi connectivity index (χ2n) is 8.34. The van der Waals surface area contributed by atoms with E-state index < -0.39 is 11.8 Å². The fourth-order valence-corrected chi connectivity index (χ4v) is 4.41. The smallest absolute Gasteiger partial charge is 0.314 e. The van der Waals surface area contributed by atoms with Crippen molar-refractivity contribution < 1.29 is 14.3 Å². The summed E-state index contributed by atoms with van der Waals surface area (Å²) in [6.07, 6.45) is 8.78. The van der Waals surface area contributed by atoms with Gasteiger partial charge in [-0.1, -0.05) is 13.3 Å². The van der Waals surface area contributed by atoms with Crippen molar-refractivity contribution in [1.29, 1.82) is 0 Å². The highest BCUT2D eigenvalue weighted by atomic mass is 16.5. The van der Waals surface area contributed by atoms with Crippen LogP contribution < -0.4 is 11.1 Å². The number of likely N-dealkylation sites (tertiary alicyclic amines) is 1. The summed E-state index contributed by atoms with van der Waals surface area (Å²) in [6.45, 7) is 5.40. The number of hydrogen-bond acceptors (Lipinski definition) is 6. The van der Waals surface area contributed by atoms with Crippen LogP contribution in [0, 0.1) is 5.92 Å². The molecule has 0 aliphatic carbocycles. The van der Waals surface area contributed by atoms with E-state index >= 15 is 0 Å². The molecular formula is C21H30N6O3. The van der Waals surface area contributed by atoms with Gasteiger partial charge in [-0.3, -0.25) is 9.59 Å². The molecule has 2 aliphatic rings. The third-order valence-corrected chi connectivity index (χ3v) is 6.35. The number of carbonyl (C=O) groups excluding carboxylic acids is 2. The Morgan fingerprint density at radius 1 is 1.27 bits per heavy atom. The third kappa shape index (κ3) is 3.86. The number of nitrogens with two attached hydrogens (primary N) is 1. The number of nitrogen functional groups attached to an aromatic ring is 1. The predicted molar refractivity (Wildman–Crippen MR) is 114 cm³/mol. The summed E-state index contributed by atoms with van der Waals surface area (Å²) in [5, 5.41) is 7.84. The molecule has 9 heteroatoms. The first-order valence-corrected chi connectivity index (χ1v) is 10.8. The molecule has 30 heavy (non-hydrogen) atoms. The molecule has 0 saturated carbocycles. The largest absolute Gasteiger partial charge is 0.383 e. The fraction of sp³-hybridized carbons (Fsp3) is 0.619. The number of pyridine rings is 1. The summed E-state index contributed by atoms with van der Waals surface area (Å²) < 4.78 is 7.60. The van der Waals surface area contributed by atoms with Crippen molar-refractivity contribution in [1.82, 2.24) is 19.7 Å². The number of amides is 2. The lowest BCUT2D eigenvalue weighted by Crippen LogP contribution is -2.49. The molecule has 2 fully saturated rings. The molecule has 3 N–H and O–H groups in total. The molecule has 2 aromatic rings. The molecule has 0 spiro atoms. The molecule has 2 aliphatic heterocycles. The molecule has 9 nitrogen and oxygen atoms in total. The zero-order valence-corrected chi connectivity index (χ0v) is 17.6. The van der Waals surface area contributed by atoms with Gasteiger partial charge < -0.3 is 20.7 Å². The van der Waals surface area contributed by atoms with E-state index in [4.69, 9.17) is 10.5 Å². The van der Waals surface area contributed by atoms with Gasteiger partial charge in [0.2, 0.25) is 0 Å².